The van der Waals surface area contributed by atoms with Gasteiger partial charge in [-0.1, -0.05) is 52.3 Å². The number of ether oxygens (including phenoxy) is 2. The second-order valence-electron chi connectivity index (χ2n) is 7.20. The fourth-order valence-corrected chi connectivity index (χ4v) is 5.13. The Labute approximate surface area is 196 Å². The Morgan fingerprint density at radius 3 is 2.34 bits per heavy atom. The van der Waals surface area contributed by atoms with Gasteiger partial charge >= 0.3 is 5.97 Å². The number of benzene rings is 3. The van der Waals surface area contributed by atoms with Crippen molar-refractivity contribution in [3.63, 3.8) is 0 Å². The van der Waals surface area contributed by atoms with E-state index in [0.717, 1.165) is 11.1 Å². The molecule has 0 aliphatic carbocycles. The van der Waals surface area contributed by atoms with Crippen LogP contribution in [-0.2, 0) is 26.5 Å². The SMILES string of the molecule is COC(=O)c1cc(CBr)cc(C)c1NS(=O)(=O)c1ccc(OC)cc1Cc1ccccc1. The van der Waals surface area contributed by atoms with E-state index in [0.29, 0.717) is 28.6 Å². The topological polar surface area (TPSA) is 81.7 Å². The molecular weight excluding hydrogens is 494 g/mol. The summed E-state index contributed by atoms with van der Waals surface area (Å²) in [6.07, 6.45) is 0.402. The second kappa shape index (κ2) is 10.2. The third-order valence-corrected chi connectivity index (χ3v) is 7.08. The molecule has 0 saturated heterocycles. The molecule has 0 amide bonds. The summed E-state index contributed by atoms with van der Waals surface area (Å²) in [4.78, 5) is 12.5. The summed E-state index contributed by atoms with van der Waals surface area (Å²) in [5, 5.41) is 0.518. The zero-order chi connectivity index (χ0) is 23.3. The maximum absolute atomic E-state index is 13.5. The maximum atomic E-state index is 13.5. The maximum Gasteiger partial charge on any atom is 0.340 e. The van der Waals surface area contributed by atoms with E-state index in [4.69, 9.17) is 9.47 Å². The minimum absolute atomic E-state index is 0.113. The van der Waals surface area contributed by atoms with Crippen LogP contribution in [0.1, 0.15) is 32.6 Å². The molecule has 0 unspecified atom stereocenters. The van der Waals surface area contributed by atoms with Crippen LogP contribution in [0.5, 0.6) is 5.75 Å². The summed E-state index contributed by atoms with van der Waals surface area (Å²) in [5.74, 6) is -0.0594. The standard InChI is InChI=1S/C24H24BrNO5S/c1-16-11-18(15-25)13-21(24(27)31-3)23(16)26-32(28,29)22-10-9-20(30-2)14-19(22)12-17-7-5-4-6-8-17/h4-11,13-14,26H,12,15H2,1-3H3. The van der Waals surface area contributed by atoms with Crippen LogP contribution in [0, 0.1) is 6.92 Å². The number of hydrogen-bond donors (Lipinski definition) is 1. The lowest BCUT2D eigenvalue weighted by atomic mass is 10.0. The van der Waals surface area contributed by atoms with Crippen molar-refractivity contribution in [3.8, 4) is 5.75 Å². The van der Waals surface area contributed by atoms with Gasteiger partial charge in [-0.2, -0.15) is 0 Å². The molecule has 0 spiro atoms. The molecule has 3 aromatic rings. The highest BCUT2D eigenvalue weighted by molar-refractivity contribution is 9.08. The second-order valence-corrected chi connectivity index (χ2v) is 9.41. The van der Waals surface area contributed by atoms with E-state index in [1.165, 1.54) is 20.3 Å². The van der Waals surface area contributed by atoms with Crippen molar-refractivity contribution in [1.82, 2.24) is 0 Å². The molecule has 0 saturated carbocycles. The third kappa shape index (κ3) is 5.31. The fourth-order valence-electron chi connectivity index (χ4n) is 3.43. The van der Waals surface area contributed by atoms with Crippen molar-refractivity contribution < 1.29 is 22.7 Å². The van der Waals surface area contributed by atoms with Crippen LogP contribution in [-0.4, -0.2) is 28.6 Å². The van der Waals surface area contributed by atoms with Crippen LogP contribution in [0.25, 0.3) is 0 Å². The van der Waals surface area contributed by atoms with Crippen LogP contribution in [0.15, 0.2) is 65.6 Å². The molecule has 0 aliphatic rings. The predicted octanol–water partition coefficient (Wildman–Crippen LogP) is 5.08. The highest BCUT2D eigenvalue weighted by Crippen LogP contribution is 2.30. The minimum Gasteiger partial charge on any atom is -0.497 e. The van der Waals surface area contributed by atoms with Crippen molar-refractivity contribution >= 4 is 37.6 Å². The lowest BCUT2D eigenvalue weighted by Crippen LogP contribution is -2.19. The normalized spacial score (nSPS) is 11.1. The van der Waals surface area contributed by atoms with Gasteiger partial charge in [-0.3, -0.25) is 4.72 Å². The van der Waals surface area contributed by atoms with Crippen LogP contribution in [0.3, 0.4) is 0 Å². The van der Waals surface area contributed by atoms with E-state index in [1.807, 2.05) is 36.4 Å². The molecule has 1 N–H and O–H groups in total. The van der Waals surface area contributed by atoms with Gasteiger partial charge in [0.05, 0.1) is 30.4 Å². The largest absolute Gasteiger partial charge is 0.497 e. The Hall–Kier alpha value is -2.84. The number of methoxy groups -OCH3 is 2. The van der Waals surface area contributed by atoms with Crippen molar-refractivity contribution in [2.24, 2.45) is 0 Å². The van der Waals surface area contributed by atoms with Crippen molar-refractivity contribution in [2.45, 2.75) is 23.6 Å². The first kappa shape index (κ1) is 23.8. The van der Waals surface area contributed by atoms with E-state index in [2.05, 4.69) is 20.7 Å². The van der Waals surface area contributed by atoms with Crippen LogP contribution in [0.4, 0.5) is 5.69 Å². The fraction of sp³-hybridized carbons (Fsp3) is 0.208. The van der Waals surface area contributed by atoms with Crippen LogP contribution in [0.2, 0.25) is 0 Å². The van der Waals surface area contributed by atoms with E-state index in [1.54, 1.807) is 25.1 Å². The van der Waals surface area contributed by atoms with Gasteiger partial charge < -0.3 is 9.47 Å². The number of anilines is 1. The number of carbonyl (C=O) groups is 1. The number of rotatable bonds is 8. The predicted molar refractivity (Wildman–Crippen MR) is 128 cm³/mol. The quantitative estimate of drug-likeness (QED) is 0.333. The van der Waals surface area contributed by atoms with Gasteiger partial charge in [0.15, 0.2) is 0 Å². The monoisotopic (exact) mass is 517 g/mol. The molecule has 0 aromatic heterocycles. The van der Waals surface area contributed by atoms with Gasteiger partial charge in [0.25, 0.3) is 10.0 Å². The Kier molecular flexibility index (Phi) is 7.58. The van der Waals surface area contributed by atoms with E-state index < -0.39 is 16.0 Å². The number of halogens is 1. The first-order chi connectivity index (χ1) is 15.3. The number of carbonyl (C=O) groups excluding carboxylic acids is 1. The smallest absolute Gasteiger partial charge is 0.340 e. The molecule has 0 fully saturated rings. The molecule has 0 bridgehead atoms. The van der Waals surface area contributed by atoms with Gasteiger partial charge in [0.1, 0.15) is 5.75 Å². The van der Waals surface area contributed by atoms with Gasteiger partial charge in [0.2, 0.25) is 0 Å². The number of aryl methyl sites for hydroxylation is 1. The molecule has 6 nitrogen and oxygen atoms in total. The van der Waals surface area contributed by atoms with Crippen molar-refractivity contribution in [1.29, 1.82) is 0 Å². The van der Waals surface area contributed by atoms with Gasteiger partial charge in [-0.25, -0.2) is 13.2 Å². The molecule has 3 aromatic carbocycles. The molecule has 0 aliphatic heterocycles. The van der Waals surface area contributed by atoms with Crippen molar-refractivity contribution in [3.05, 3.63) is 88.5 Å². The molecule has 3 rings (SSSR count). The number of nitrogens with one attached hydrogen (secondary N) is 1. The summed E-state index contributed by atoms with van der Waals surface area (Å²) in [7, 11) is -1.23. The molecule has 0 heterocycles. The van der Waals surface area contributed by atoms with Gasteiger partial charge in [0, 0.05) is 5.33 Å². The van der Waals surface area contributed by atoms with Gasteiger partial charge in [-0.05, 0) is 59.9 Å². The van der Waals surface area contributed by atoms with Crippen LogP contribution >= 0.6 is 15.9 Å². The number of hydrogen-bond acceptors (Lipinski definition) is 5. The Morgan fingerprint density at radius 1 is 1.00 bits per heavy atom. The van der Waals surface area contributed by atoms with E-state index in [9.17, 15) is 13.2 Å². The number of alkyl halides is 1. The number of sulfonamides is 1. The average Bonchev–Trinajstić information content (AvgIpc) is 2.80. The first-order valence-corrected chi connectivity index (χ1v) is 12.4. The Balaban J connectivity index is 2.09. The lowest BCUT2D eigenvalue weighted by Gasteiger charge is -2.18. The molecule has 168 valence electrons. The highest BCUT2D eigenvalue weighted by Gasteiger charge is 2.24. The van der Waals surface area contributed by atoms with E-state index in [-0.39, 0.29) is 16.1 Å². The van der Waals surface area contributed by atoms with Gasteiger partial charge in [-0.15, -0.1) is 0 Å². The first-order valence-electron chi connectivity index (χ1n) is 9.80. The zero-order valence-electron chi connectivity index (χ0n) is 18.0. The van der Waals surface area contributed by atoms with E-state index >= 15 is 0 Å². The Morgan fingerprint density at radius 2 is 1.72 bits per heavy atom. The zero-order valence-corrected chi connectivity index (χ0v) is 20.4. The average molecular weight is 518 g/mol. The summed E-state index contributed by atoms with van der Waals surface area (Å²) in [6.45, 7) is 1.75. The third-order valence-electron chi connectivity index (χ3n) is 4.99. The molecule has 32 heavy (non-hydrogen) atoms. The summed E-state index contributed by atoms with van der Waals surface area (Å²) >= 11 is 3.37. The van der Waals surface area contributed by atoms with Crippen molar-refractivity contribution in [2.75, 3.05) is 18.9 Å². The molecule has 0 atom stereocenters. The summed E-state index contributed by atoms with van der Waals surface area (Å²) < 4.78 is 39.7. The minimum atomic E-state index is -4.02. The summed E-state index contributed by atoms with van der Waals surface area (Å²) in [6, 6.07) is 17.8. The molecular formula is C24H24BrNO5S. The summed E-state index contributed by atoms with van der Waals surface area (Å²) in [5.41, 5.74) is 3.35. The number of esters is 1. The Bertz CT molecular complexity index is 1230. The molecule has 8 heteroatoms. The molecule has 0 radical (unpaired) electrons. The highest BCUT2D eigenvalue weighted by atomic mass is 79.9. The van der Waals surface area contributed by atoms with Crippen LogP contribution < -0.4 is 9.46 Å². The lowest BCUT2D eigenvalue weighted by molar-refractivity contribution is 0.0601.